The summed E-state index contributed by atoms with van der Waals surface area (Å²) in [6.45, 7) is 5.05. The standard InChI is InChI=1S/C17H27FN2O/c1-19-17-7-11-20(12-8-17)10-2-13-21-14-9-15-3-5-16(18)6-4-15/h3-6,17,19H,2,7-14H2,1H3. The third-order valence-electron chi connectivity index (χ3n) is 4.21. The predicted molar refractivity (Wildman–Crippen MR) is 84.1 cm³/mol. The molecule has 0 spiro atoms. The number of rotatable bonds is 8. The number of nitrogens with one attached hydrogen (secondary N) is 1. The smallest absolute Gasteiger partial charge is 0.123 e. The lowest BCUT2D eigenvalue weighted by Gasteiger charge is -2.31. The van der Waals surface area contributed by atoms with Crippen molar-refractivity contribution in [3.8, 4) is 0 Å². The molecule has 1 aromatic rings. The van der Waals surface area contributed by atoms with E-state index in [9.17, 15) is 4.39 Å². The van der Waals surface area contributed by atoms with Crippen molar-refractivity contribution in [1.82, 2.24) is 10.2 Å². The third-order valence-corrected chi connectivity index (χ3v) is 4.21. The molecule has 1 N–H and O–H groups in total. The highest BCUT2D eigenvalue weighted by Crippen LogP contribution is 2.10. The van der Waals surface area contributed by atoms with Crippen LogP contribution in [0.15, 0.2) is 24.3 Å². The van der Waals surface area contributed by atoms with Crippen molar-refractivity contribution in [2.45, 2.75) is 31.7 Å². The normalized spacial score (nSPS) is 17.2. The zero-order chi connectivity index (χ0) is 14.9. The maximum absolute atomic E-state index is 12.8. The van der Waals surface area contributed by atoms with E-state index in [0.717, 1.165) is 31.6 Å². The highest BCUT2D eigenvalue weighted by molar-refractivity contribution is 5.15. The SMILES string of the molecule is CNC1CCN(CCCOCCc2ccc(F)cc2)CC1. The molecule has 2 rings (SSSR count). The van der Waals surface area contributed by atoms with Crippen LogP contribution >= 0.6 is 0 Å². The van der Waals surface area contributed by atoms with Crippen LogP contribution in [0.2, 0.25) is 0 Å². The Balaban J connectivity index is 1.48. The molecule has 1 aromatic carbocycles. The molecular formula is C17H27FN2O. The van der Waals surface area contributed by atoms with Gasteiger partial charge in [-0.15, -0.1) is 0 Å². The molecule has 1 fully saturated rings. The lowest BCUT2D eigenvalue weighted by Crippen LogP contribution is -2.41. The number of ether oxygens (including phenoxy) is 1. The summed E-state index contributed by atoms with van der Waals surface area (Å²) in [5.74, 6) is -0.179. The first-order chi connectivity index (χ1) is 10.3. The van der Waals surface area contributed by atoms with E-state index in [1.165, 1.54) is 38.1 Å². The summed E-state index contributed by atoms with van der Waals surface area (Å²) in [6, 6.07) is 7.36. The van der Waals surface area contributed by atoms with Gasteiger partial charge in [-0.1, -0.05) is 12.1 Å². The molecule has 1 saturated heterocycles. The number of likely N-dealkylation sites (tertiary alicyclic amines) is 1. The summed E-state index contributed by atoms with van der Waals surface area (Å²) >= 11 is 0. The molecule has 0 bridgehead atoms. The van der Waals surface area contributed by atoms with Crippen LogP contribution in [0.4, 0.5) is 4.39 Å². The Bertz CT molecular complexity index is 388. The van der Waals surface area contributed by atoms with Gasteiger partial charge in [-0.3, -0.25) is 0 Å². The fourth-order valence-corrected chi connectivity index (χ4v) is 2.78. The van der Waals surface area contributed by atoms with Crippen molar-refractivity contribution in [2.24, 2.45) is 0 Å². The summed E-state index contributed by atoms with van der Waals surface area (Å²) < 4.78 is 18.4. The maximum atomic E-state index is 12.8. The first-order valence-electron chi connectivity index (χ1n) is 8.00. The molecule has 1 aliphatic rings. The highest BCUT2D eigenvalue weighted by Gasteiger charge is 2.16. The first kappa shape index (κ1) is 16.4. The average Bonchev–Trinajstić information content (AvgIpc) is 2.53. The second-order valence-electron chi connectivity index (χ2n) is 5.75. The molecule has 0 aliphatic carbocycles. The Kier molecular flexibility index (Phi) is 7.13. The lowest BCUT2D eigenvalue weighted by molar-refractivity contribution is 0.116. The van der Waals surface area contributed by atoms with Gasteiger partial charge in [-0.25, -0.2) is 4.39 Å². The molecule has 21 heavy (non-hydrogen) atoms. The zero-order valence-corrected chi connectivity index (χ0v) is 13.0. The van der Waals surface area contributed by atoms with Crippen LogP contribution < -0.4 is 5.32 Å². The second kappa shape index (κ2) is 9.13. The van der Waals surface area contributed by atoms with Gasteiger partial charge in [0.2, 0.25) is 0 Å². The van der Waals surface area contributed by atoms with Crippen molar-refractivity contribution in [3.05, 3.63) is 35.6 Å². The maximum Gasteiger partial charge on any atom is 0.123 e. The molecular weight excluding hydrogens is 267 g/mol. The summed E-state index contributed by atoms with van der Waals surface area (Å²) in [6.07, 6.45) is 4.45. The Morgan fingerprint density at radius 3 is 2.57 bits per heavy atom. The van der Waals surface area contributed by atoms with Gasteiger partial charge in [0, 0.05) is 19.2 Å². The number of benzene rings is 1. The minimum absolute atomic E-state index is 0.179. The van der Waals surface area contributed by atoms with Crippen molar-refractivity contribution >= 4 is 0 Å². The highest BCUT2D eigenvalue weighted by atomic mass is 19.1. The van der Waals surface area contributed by atoms with E-state index < -0.39 is 0 Å². The molecule has 0 unspecified atom stereocenters. The summed E-state index contributed by atoms with van der Waals surface area (Å²) in [5.41, 5.74) is 1.13. The quantitative estimate of drug-likeness (QED) is 0.745. The van der Waals surface area contributed by atoms with Crippen molar-refractivity contribution in [2.75, 3.05) is 39.9 Å². The van der Waals surface area contributed by atoms with E-state index in [1.807, 2.05) is 12.1 Å². The van der Waals surface area contributed by atoms with E-state index in [4.69, 9.17) is 4.74 Å². The van der Waals surface area contributed by atoms with Crippen LogP contribution in [0.3, 0.4) is 0 Å². The second-order valence-corrected chi connectivity index (χ2v) is 5.75. The summed E-state index contributed by atoms with van der Waals surface area (Å²) in [7, 11) is 2.05. The van der Waals surface area contributed by atoms with Gasteiger partial charge in [-0.2, -0.15) is 0 Å². The number of halogens is 1. The molecule has 0 aromatic heterocycles. The average molecular weight is 294 g/mol. The third kappa shape index (κ3) is 6.12. The molecule has 118 valence electrons. The first-order valence-corrected chi connectivity index (χ1v) is 8.00. The summed E-state index contributed by atoms with van der Waals surface area (Å²) in [4.78, 5) is 2.52. The van der Waals surface area contributed by atoms with Gasteiger partial charge in [-0.05, 0) is 63.5 Å². The van der Waals surface area contributed by atoms with Gasteiger partial charge in [0.15, 0.2) is 0 Å². The van der Waals surface area contributed by atoms with Crippen LogP contribution in [0.25, 0.3) is 0 Å². The predicted octanol–water partition coefficient (Wildman–Crippen LogP) is 2.46. The van der Waals surface area contributed by atoms with E-state index in [0.29, 0.717) is 12.6 Å². The molecule has 0 amide bonds. The van der Waals surface area contributed by atoms with Crippen LogP contribution in [0.5, 0.6) is 0 Å². The van der Waals surface area contributed by atoms with Crippen molar-refractivity contribution in [3.63, 3.8) is 0 Å². The van der Waals surface area contributed by atoms with Crippen LogP contribution in [-0.4, -0.2) is 50.8 Å². The fourth-order valence-electron chi connectivity index (χ4n) is 2.78. The minimum Gasteiger partial charge on any atom is -0.381 e. The topological polar surface area (TPSA) is 24.5 Å². The fraction of sp³-hybridized carbons (Fsp3) is 0.647. The van der Waals surface area contributed by atoms with E-state index in [-0.39, 0.29) is 5.82 Å². The number of piperidine rings is 1. The molecule has 1 heterocycles. The molecule has 0 radical (unpaired) electrons. The lowest BCUT2D eigenvalue weighted by atomic mass is 10.1. The van der Waals surface area contributed by atoms with Crippen LogP contribution in [0, 0.1) is 5.82 Å². The molecule has 0 saturated carbocycles. The Hall–Kier alpha value is -0.970. The molecule has 3 nitrogen and oxygen atoms in total. The van der Waals surface area contributed by atoms with Gasteiger partial charge in [0.05, 0.1) is 6.61 Å². The van der Waals surface area contributed by atoms with Crippen molar-refractivity contribution in [1.29, 1.82) is 0 Å². The van der Waals surface area contributed by atoms with Crippen LogP contribution in [0.1, 0.15) is 24.8 Å². The van der Waals surface area contributed by atoms with E-state index in [2.05, 4.69) is 17.3 Å². The molecule has 0 atom stereocenters. The Morgan fingerprint density at radius 2 is 1.90 bits per heavy atom. The summed E-state index contributed by atoms with van der Waals surface area (Å²) in [5, 5.41) is 3.35. The van der Waals surface area contributed by atoms with Gasteiger partial charge < -0.3 is 15.0 Å². The van der Waals surface area contributed by atoms with Gasteiger partial charge in [0.1, 0.15) is 5.82 Å². The minimum atomic E-state index is -0.179. The number of hydrogen-bond donors (Lipinski definition) is 1. The van der Waals surface area contributed by atoms with E-state index >= 15 is 0 Å². The van der Waals surface area contributed by atoms with E-state index in [1.54, 1.807) is 0 Å². The Labute approximate surface area is 127 Å². The monoisotopic (exact) mass is 294 g/mol. The zero-order valence-electron chi connectivity index (χ0n) is 13.0. The molecule has 1 aliphatic heterocycles. The van der Waals surface area contributed by atoms with Crippen LogP contribution in [-0.2, 0) is 11.2 Å². The molecule has 4 heteroatoms. The Morgan fingerprint density at radius 1 is 1.19 bits per heavy atom. The number of hydrogen-bond acceptors (Lipinski definition) is 3. The number of nitrogens with zero attached hydrogens (tertiary/aromatic N) is 1. The van der Waals surface area contributed by atoms with Crippen molar-refractivity contribution < 1.29 is 9.13 Å². The largest absolute Gasteiger partial charge is 0.381 e. The van der Waals surface area contributed by atoms with Gasteiger partial charge in [0.25, 0.3) is 0 Å². The van der Waals surface area contributed by atoms with Gasteiger partial charge >= 0.3 is 0 Å².